The Morgan fingerprint density at radius 3 is 2.77 bits per heavy atom. The summed E-state index contributed by atoms with van der Waals surface area (Å²) in [6.07, 6.45) is 0. The van der Waals surface area contributed by atoms with Gasteiger partial charge >= 0.3 is 5.97 Å². The molecule has 116 valence electrons. The molecule has 0 aromatic heterocycles. The highest BCUT2D eigenvalue weighted by molar-refractivity contribution is 6.42. The van der Waals surface area contributed by atoms with Crippen LogP contribution in [-0.4, -0.2) is 24.2 Å². The monoisotopic (exact) mass is 339 g/mol. The van der Waals surface area contributed by atoms with E-state index in [1.807, 2.05) is 13.0 Å². The standard InChI is InChI=1S/C16H15Cl2NO3/c1-10-5-6-13(11(9-10)16(20)21)19-7-8-22-14-4-2-3-12(17)15(14)18/h2-6,9,19H,7-8H2,1H3,(H,20,21). The quantitative estimate of drug-likeness (QED) is 0.761. The third-order valence-corrected chi connectivity index (χ3v) is 3.80. The largest absolute Gasteiger partial charge is 0.490 e. The van der Waals surface area contributed by atoms with Gasteiger partial charge in [0.05, 0.1) is 10.6 Å². The molecule has 22 heavy (non-hydrogen) atoms. The molecular formula is C16H15Cl2NO3. The lowest BCUT2D eigenvalue weighted by Gasteiger charge is -2.12. The van der Waals surface area contributed by atoms with E-state index in [1.54, 1.807) is 30.3 Å². The maximum Gasteiger partial charge on any atom is 0.337 e. The molecule has 0 aliphatic heterocycles. The fourth-order valence-electron chi connectivity index (χ4n) is 1.93. The van der Waals surface area contributed by atoms with Gasteiger partial charge in [-0.2, -0.15) is 0 Å². The molecule has 0 bridgehead atoms. The molecule has 2 aromatic carbocycles. The molecule has 4 nitrogen and oxygen atoms in total. The fourth-order valence-corrected chi connectivity index (χ4v) is 2.28. The van der Waals surface area contributed by atoms with Crippen LogP contribution in [0.5, 0.6) is 5.75 Å². The van der Waals surface area contributed by atoms with Gasteiger partial charge in [-0.3, -0.25) is 0 Å². The number of aromatic carboxylic acids is 1. The highest BCUT2D eigenvalue weighted by atomic mass is 35.5. The van der Waals surface area contributed by atoms with E-state index in [4.69, 9.17) is 27.9 Å². The second-order valence-electron chi connectivity index (χ2n) is 4.68. The lowest BCUT2D eigenvalue weighted by Crippen LogP contribution is -2.14. The number of halogens is 2. The molecule has 0 aliphatic rings. The first-order valence-corrected chi connectivity index (χ1v) is 7.39. The van der Waals surface area contributed by atoms with Gasteiger partial charge in [-0.05, 0) is 31.2 Å². The van der Waals surface area contributed by atoms with Gasteiger partial charge in [-0.1, -0.05) is 40.9 Å². The molecule has 0 heterocycles. The molecule has 2 rings (SSSR count). The van der Waals surface area contributed by atoms with Crippen LogP contribution in [0.3, 0.4) is 0 Å². The van der Waals surface area contributed by atoms with Crippen molar-refractivity contribution in [1.29, 1.82) is 0 Å². The molecular weight excluding hydrogens is 325 g/mol. The number of ether oxygens (including phenoxy) is 1. The molecule has 0 aliphatic carbocycles. The van der Waals surface area contributed by atoms with Crippen molar-refractivity contribution in [2.45, 2.75) is 6.92 Å². The number of benzene rings is 2. The summed E-state index contributed by atoms with van der Waals surface area (Å²) < 4.78 is 5.54. The summed E-state index contributed by atoms with van der Waals surface area (Å²) in [7, 11) is 0. The molecule has 0 fully saturated rings. The van der Waals surface area contributed by atoms with Crippen molar-refractivity contribution in [3.05, 3.63) is 57.6 Å². The summed E-state index contributed by atoms with van der Waals surface area (Å²) in [4.78, 5) is 11.2. The number of carboxylic acids is 1. The number of nitrogens with one attached hydrogen (secondary N) is 1. The van der Waals surface area contributed by atoms with Crippen LogP contribution in [0, 0.1) is 6.92 Å². The summed E-state index contributed by atoms with van der Waals surface area (Å²) in [5.41, 5.74) is 1.68. The highest BCUT2D eigenvalue weighted by Gasteiger charge is 2.10. The van der Waals surface area contributed by atoms with Crippen molar-refractivity contribution in [3.8, 4) is 5.75 Å². The van der Waals surface area contributed by atoms with Gasteiger partial charge in [0.1, 0.15) is 17.4 Å². The summed E-state index contributed by atoms with van der Waals surface area (Å²) in [6, 6.07) is 10.4. The molecule has 0 radical (unpaired) electrons. The highest BCUT2D eigenvalue weighted by Crippen LogP contribution is 2.31. The first kappa shape index (κ1) is 16.5. The topological polar surface area (TPSA) is 58.6 Å². The van der Waals surface area contributed by atoms with Crippen LogP contribution in [0.25, 0.3) is 0 Å². The lowest BCUT2D eigenvalue weighted by atomic mass is 10.1. The Bertz CT molecular complexity index is 689. The Morgan fingerprint density at radius 1 is 1.27 bits per heavy atom. The predicted molar refractivity (Wildman–Crippen MR) is 88.6 cm³/mol. The normalized spacial score (nSPS) is 10.3. The van der Waals surface area contributed by atoms with Gasteiger partial charge < -0.3 is 15.2 Å². The number of carboxylic acid groups (broad SMARTS) is 1. The van der Waals surface area contributed by atoms with Crippen molar-refractivity contribution in [3.63, 3.8) is 0 Å². The van der Waals surface area contributed by atoms with Crippen LogP contribution >= 0.6 is 23.2 Å². The lowest BCUT2D eigenvalue weighted by molar-refractivity contribution is 0.0698. The van der Waals surface area contributed by atoms with Crippen LogP contribution < -0.4 is 10.1 Å². The number of hydrogen-bond donors (Lipinski definition) is 2. The SMILES string of the molecule is Cc1ccc(NCCOc2cccc(Cl)c2Cl)c(C(=O)O)c1. The van der Waals surface area contributed by atoms with Crippen LogP contribution in [0.2, 0.25) is 10.0 Å². The maximum atomic E-state index is 11.2. The third-order valence-electron chi connectivity index (χ3n) is 3.00. The van der Waals surface area contributed by atoms with Crippen molar-refractivity contribution in [1.82, 2.24) is 0 Å². The molecule has 2 N–H and O–H groups in total. The van der Waals surface area contributed by atoms with E-state index in [-0.39, 0.29) is 5.56 Å². The Hall–Kier alpha value is -1.91. The van der Waals surface area contributed by atoms with E-state index >= 15 is 0 Å². The van der Waals surface area contributed by atoms with E-state index in [2.05, 4.69) is 5.32 Å². The van der Waals surface area contributed by atoms with E-state index in [0.29, 0.717) is 34.6 Å². The van der Waals surface area contributed by atoms with Crippen LogP contribution in [0.4, 0.5) is 5.69 Å². The van der Waals surface area contributed by atoms with Crippen molar-refractivity contribution in [2.75, 3.05) is 18.5 Å². The fraction of sp³-hybridized carbons (Fsp3) is 0.188. The van der Waals surface area contributed by atoms with Crippen molar-refractivity contribution >= 4 is 34.9 Å². The van der Waals surface area contributed by atoms with Crippen molar-refractivity contribution in [2.24, 2.45) is 0 Å². The molecule has 0 amide bonds. The van der Waals surface area contributed by atoms with E-state index in [9.17, 15) is 9.90 Å². The summed E-state index contributed by atoms with van der Waals surface area (Å²) in [5, 5.41) is 13.0. The van der Waals surface area contributed by atoms with Gasteiger partial charge in [0.15, 0.2) is 0 Å². The first-order chi connectivity index (χ1) is 10.5. The second-order valence-corrected chi connectivity index (χ2v) is 5.47. The first-order valence-electron chi connectivity index (χ1n) is 6.63. The van der Waals surface area contributed by atoms with Gasteiger partial charge in [0.2, 0.25) is 0 Å². The molecule has 0 atom stereocenters. The molecule has 0 spiro atoms. The number of aryl methyl sites for hydroxylation is 1. The summed E-state index contributed by atoms with van der Waals surface area (Å²) >= 11 is 11.9. The van der Waals surface area contributed by atoms with Gasteiger partial charge in [0, 0.05) is 12.2 Å². The number of anilines is 1. The summed E-state index contributed by atoms with van der Waals surface area (Å²) in [5.74, 6) is -0.469. The minimum Gasteiger partial charge on any atom is -0.490 e. The second kappa shape index (κ2) is 7.38. The average molecular weight is 340 g/mol. The van der Waals surface area contributed by atoms with Crippen molar-refractivity contribution < 1.29 is 14.6 Å². The molecule has 6 heteroatoms. The van der Waals surface area contributed by atoms with Gasteiger partial charge in [-0.25, -0.2) is 4.79 Å². The molecule has 2 aromatic rings. The Balaban J connectivity index is 1.94. The zero-order valence-electron chi connectivity index (χ0n) is 11.9. The predicted octanol–water partition coefficient (Wildman–Crippen LogP) is 4.49. The third kappa shape index (κ3) is 4.06. The Morgan fingerprint density at radius 2 is 2.05 bits per heavy atom. The zero-order chi connectivity index (χ0) is 16.1. The molecule has 0 saturated carbocycles. The van der Waals surface area contributed by atoms with Gasteiger partial charge in [0.25, 0.3) is 0 Å². The number of hydrogen-bond acceptors (Lipinski definition) is 3. The number of carbonyl (C=O) groups is 1. The smallest absolute Gasteiger partial charge is 0.337 e. The molecule has 0 unspecified atom stereocenters. The maximum absolute atomic E-state index is 11.2. The minimum atomic E-state index is -0.968. The zero-order valence-corrected chi connectivity index (χ0v) is 13.4. The number of rotatable bonds is 6. The summed E-state index contributed by atoms with van der Waals surface area (Å²) in [6.45, 7) is 2.61. The minimum absolute atomic E-state index is 0.237. The van der Waals surface area contributed by atoms with E-state index in [0.717, 1.165) is 5.56 Å². The van der Waals surface area contributed by atoms with E-state index in [1.165, 1.54) is 0 Å². The Labute approximate surface area is 138 Å². The van der Waals surface area contributed by atoms with Gasteiger partial charge in [-0.15, -0.1) is 0 Å². The molecule has 0 saturated heterocycles. The van der Waals surface area contributed by atoms with Crippen LogP contribution in [-0.2, 0) is 0 Å². The van der Waals surface area contributed by atoms with Crippen LogP contribution in [0.15, 0.2) is 36.4 Å². The van der Waals surface area contributed by atoms with Crippen LogP contribution in [0.1, 0.15) is 15.9 Å². The van der Waals surface area contributed by atoms with E-state index < -0.39 is 5.97 Å². The average Bonchev–Trinajstić information content (AvgIpc) is 2.48. The Kier molecular flexibility index (Phi) is 5.52.